The highest BCUT2D eigenvalue weighted by Gasteiger charge is 2.25. The maximum Gasteiger partial charge on any atom is 0.407 e. The third-order valence-electron chi connectivity index (χ3n) is 8.55. The number of nitrogens with one attached hydrogen (secondary N) is 3. The Bertz CT molecular complexity index is 1670. The van der Waals surface area contributed by atoms with Gasteiger partial charge in [0.15, 0.2) is 0 Å². The van der Waals surface area contributed by atoms with Crippen LogP contribution < -0.4 is 16.0 Å². The molecule has 3 aromatic carbocycles. The molecule has 3 aromatic rings. The molecule has 0 fully saturated rings. The molecule has 0 aliphatic rings. The monoisotopic (exact) mass is 750 g/mol. The summed E-state index contributed by atoms with van der Waals surface area (Å²) in [6.07, 6.45) is 0.552. The van der Waals surface area contributed by atoms with E-state index in [2.05, 4.69) is 16.0 Å². The zero-order chi connectivity index (χ0) is 39.8. The Hall–Kier alpha value is -4.84. The molecule has 0 unspecified atom stereocenters. The Morgan fingerprint density at radius 2 is 1.44 bits per heavy atom. The van der Waals surface area contributed by atoms with E-state index in [1.807, 2.05) is 44.2 Å². The lowest BCUT2D eigenvalue weighted by Gasteiger charge is -2.25. The Balaban J connectivity index is 1.69. The molecule has 0 radical (unpaired) electrons. The summed E-state index contributed by atoms with van der Waals surface area (Å²) in [5, 5.41) is 19.8. The van der Waals surface area contributed by atoms with Crippen molar-refractivity contribution in [1.29, 1.82) is 0 Å². The highest BCUT2D eigenvalue weighted by atomic mass is 19.1. The van der Waals surface area contributed by atoms with Crippen molar-refractivity contribution in [2.45, 2.75) is 110 Å². The molecular formula is C42H56F2N4O6. The van der Waals surface area contributed by atoms with E-state index in [0.29, 0.717) is 37.1 Å². The number of rotatable bonds is 19. The number of aliphatic hydroxyl groups is 1. The molecule has 4 N–H and O–H groups in total. The van der Waals surface area contributed by atoms with Gasteiger partial charge < -0.3 is 30.7 Å². The molecule has 0 saturated heterocycles. The van der Waals surface area contributed by atoms with E-state index in [0.717, 1.165) is 36.6 Å². The Morgan fingerprint density at radius 3 is 2.06 bits per heavy atom. The molecule has 0 spiro atoms. The van der Waals surface area contributed by atoms with Gasteiger partial charge in [0.05, 0.1) is 12.1 Å². The Labute approximate surface area is 318 Å². The molecule has 3 atom stereocenters. The second-order valence-corrected chi connectivity index (χ2v) is 14.7. The summed E-state index contributed by atoms with van der Waals surface area (Å²) < 4.78 is 33.7. The van der Waals surface area contributed by atoms with Crippen LogP contribution in [0.1, 0.15) is 104 Å². The fourth-order valence-electron chi connectivity index (χ4n) is 6.15. The summed E-state index contributed by atoms with van der Waals surface area (Å²) in [4.78, 5) is 54.2. The van der Waals surface area contributed by atoms with Crippen LogP contribution in [-0.2, 0) is 22.4 Å². The van der Waals surface area contributed by atoms with Crippen LogP contribution in [0.4, 0.5) is 13.6 Å². The highest BCUT2D eigenvalue weighted by Crippen LogP contribution is 2.17. The number of hydrogen-bond acceptors (Lipinski definition) is 6. The predicted octanol–water partition coefficient (Wildman–Crippen LogP) is 6.66. The lowest BCUT2D eigenvalue weighted by atomic mass is 9.97. The van der Waals surface area contributed by atoms with Crippen molar-refractivity contribution in [3.63, 3.8) is 0 Å². The minimum atomic E-state index is -1.23. The topological polar surface area (TPSA) is 137 Å². The van der Waals surface area contributed by atoms with Gasteiger partial charge in [-0.05, 0) is 113 Å². The molecule has 0 heterocycles. The number of aliphatic hydroxyl groups excluding tert-OH is 1. The van der Waals surface area contributed by atoms with Crippen molar-refractivity contribution in [3.05, 3.63) is 106 Å². The van der Waals surface area contributed by atoms with E-state index in [1.165, 1.54) is 6.07 Å². The van der Waals surface area contributed by atoms with Crippen LogP contribution in [0.2, 0.25) is 0 Å². The van der Waals surface area contributed by atoms with Gasteiger partial charge in [-0.25, -0.2) is 13.6 Å². The minimum absolute atomic E-state index is 0.0125. The van der Waals surface area contributed by atoms with Crippen molar-refractivity contribution in [2.24, 2.45) is 0 Å². The number of benzene rings is 3. The van der Waals surface area contributed by atoms with E-state index >= 15 is 0 Å². The second-order valence-electron chi connectivity index (χ2n) is 14.7. The summed E-state index contributed by atoms with van der Waals surface area (Å²) in [7, 11) is 0. The van der Waals surface area contributed by atoms with Gasteiger partial charge in [-0.15, -0.1) is 0 Å². The van der Waals surface area contributed by atoms with Gasteiger partial charge >= 0.3 is 6.09 Å². The molecule has 3 rings (SSSR count). The van der Waals surface area contributed by atoms with Crippen LogP contribution in [0.15, 0.2) is 66.7 Å². The van der Waals surface area contributed by atoms with Gasteiger partial charge in [-0.3, -0.25) is 14.4 Å². The smallest absolute Gasteiger partial charge is 0.407 e. The quantitative estimate of drug-likeness (QED) is 0.108. The summed E-state index contributed by atoms with van der Waals surface area (Å²) in [6, 6.07) is 16.0. The van der Waals surface area contributed by atoms with Gasteiger partial charge in [0.2, 0.25) is 5.91 Å². The van der Waals surface area contributed by atoms with E-state index in [4.69, 9.17) is 4.74 Å². The number of nitrogens with zero attached hydrogens (tertiary/aromatic N) is 1. The van der Waals surface area contributed by atoms with Crippen molar-refractivity contribution < 1.29 is 37.8 Å². The number of alkyl carbamates (subject to hydrolysis) is 1. The van der Waals surface area contributed by atoms with E-state index in [9.17, 15) is 33.1 Å². The number of amides is 4. The number of carbonyl (C=O) groups is 4. The molecule has 0 bridgehead atoms. The van der Waals surface area contributed by atoms with E-state index in [-0.39, 0.29) is 54.8 Å². The molecule has 12 heteroatoms. The molecule has 4 amide bonds. The normalized spacial score (nSPS) is 13.0. The fourth-order valence-corrected chi connectivity index (χ4v) is 6.15. The summed E-state index contributed by atoms with van der Waals surface area (Å²) in [6.45, 7) is 12.3. The first kappa shape index (κ1) is 43.6. The van der Waals surface area contributed by atoms with Crippen molar-refractivity contribution in [2.75, 3.05) is 19.6 Å². The molecule has 294 valence electrons. The first-order valence-corrected chi connectivity index (χ1v) is 18.7. The number of carbonyl (C=O) groups excluding carboxylic acids is 4. The van der Waals surface area contributed by atoms with Crippen molar-refractivity contribution in [1.82, 2.24) is 20.9 Å². The van der Waals surface area contributed by atoms with Gasteiger partial charge in [-0.2, -0.15) is 0 Å². The van der Waals surface area contributed by atoms with Crippen LogP contribution >= 0.6 is 0 Å². The van der Waals surface area contributed by atoms with Crippen LogP contribution in [0.3, 0.4) is 0 Å². The maximum atomic E-state index is 14.1. The largest absolute Gasteiger partial charge is 0.444 e. The lowest BCUT2D eigenvalue weighted by molar-refractivity contribution is -0.121. The number of hydrogen-bond donors (Lipinski definition) is 4. The standard InChI is InChI=1S/C42H56F2N4O6/c1-7-18-48(19-8-2)40(52)32-21-28(3)20-31(26-32)39(51)47-36(25-30-22-33(43)27-34(44)23-30)37(49)16-17-45-38(50)15-14-35(24-29-12-10-9-11-13-29)46-41(53)54-42(4,5)6/h9-13,20-23,26-27,35-37,49H,7-8,14-19,24-25H2,1-6H3,(H,45,50)(H,46,53)(H,47,51)/t35-,36+,37-/m0/s1. The lowest BCUT2D eigenvalue weighted by Crippen LogP contribution is -2.46. The van der Waals surface area contributed by atoms with Crippen LogP contribution in [0, 0.1) is 18.6 Å². The van der Waals surface area contributed by atoms with Gasteiger partial charge in [0.25, 0.3) is 11.8 Å². The summed E-state index contributed by atoms with van der Waals surface area (Å²) in [5.41, 5.74) is 1.77. The molecular weight excluding hydrogens is 694 g/mol. The average molecular weight is 751 g/mol. The van der Waals surface area contributed by atoms with E-state index in [1.54, 1.807) is 44.7 Å². The van der Waals surface area contributed by atoms with Crippen molar-refractivity contribution >= 4 is 23.8 Å². The van der Waals surface area contributed by atoms with Crippen LogP contribution in [0.25, 0.3) is 0 Å². The number of halogens is 2. The van der Waals surface area contributed by atoms with Gasteiger partial charge in [0.1, 0.15) is 17.2 Å². The SMILES string of the molecule is CCCN(CCC)C(=O)c1cc(C)cc(C(=O)N[C@H](Cc2cc(F)cc(F)c2)[C@@H](O)CCNC(=O)CC[C@@H](Cc2ccccc2)NC(=O)OC(C)(C)C)c1. The highest BCUT2D eigenvalue weighted by molar-refractivity contribution is 6.00. The maximum absolute atomic E-state index is 14.1. The zero-order valence-electron chi connectivity index (χ0n) is 32.3. The average Bonchev–Trinajstić information content (AvgIpc) is 3.08. The Kier molecular flexibility index (Phi) is 17.1. The zero-order valence-corrected chi connectivity index (χ0v) is 32.3. The third-order valence-corrected chi connectivity index (χ3v) is 8.55. The number of aryl methyl sites for hydroxylation is 1. The van der Waals surface area contributed by atoms with Gasteiger partial charge in [-0.1, -0.05) is 44.2 Å². The minimum Gasteiger partial charge on any atom is -0.444 e. The molecule has 10 nitrogen and oxygen atoms in total. The molecule has 54 heavy (non-hydrogen) atoms. The van der Waals surface area contributed by atoms with Crippen LogP contribution in [-0.4, -0.2) is 77.2 Å². The second kappa shape index (κ2) is 21.2. The van der Waals surface area contributed by atoms with Gasteiger partial charge in [0, 0.05) is 49.3 Å². The Morgan fingerprint density at radius 1 is 0.815 bits per heavy atom. The van der Waals surface area contributed by atoms with Crippen LogP contribution in [0.5, 0.6) is 0 Å². The fraction of sp³-hybridized carbons (Fsp3) is 0.476. The third kappa shape index (κ3) is 15.3. The first-order chi connectivity index (χ1) is 25.6. The predicted molar refractivity (Wildman–Crippen MR) is 205 cm³/mol. The van der Waals surface area contributed by atoms with E-state index < -0.39 is 41.4 Å². The first-order valence-electron chi connectivity index (χ1n) is 18.7. The van der Waals surface area contributed by atoms with Crippen molar-refractivity contribution in [3.8, 4) is 0 Å². The molecule has 0 aromatic heterocycles. The summed E-state index contributed by atoms with van der Waals surface area (Å²) >= 11 is 0. The molecule has 0 saturated carbocycles. The molecule has 0 aliphatic heterocycles. The summed E-state index contributed by atoms with van der Waals surface area (Å²) in [5.74, 6) is -2.66. The molecule has 0 aliphatic carbocycles. The number of ether oxygens (including phenoxy) is 1.